The summed E-state index contributed by atoms with van der Waals surface area (Å²) in [5.74, 6) is -0.0237. The summed E-state index contributed by atoms with van der Waals surface area (Å²) in [4.78, 5) is 28.1. The van der Waals surface area contributed by atoms with Gasteiger partial charge < -0.3 is 15.1 Å². The highest BCUT2D eigenvalue weighted by atomic mass is 16.2. The molecular weight excluding hydrogens is 314 g/mol. The molecule has 0 aliphatic carbocycles. The smallest absolute Gasteiger partial charge is 0.255 e. The van der Waals surface area contributed by atoms with E-state index >= 15 is 0 Å². The van der Waals surface area contributed by atoms with Gasteiger partial charge in [-0.3, -0.25) is 9.59 Å². The van der Waals surface area contributed by atoms with Gasteiger partial charge in [0.25, 0.3) is 5.91 Å². The minimum Gasteiger partial charge on any atom is -0.378 e. The van der Waals surface area contributed by atoms with E-state index in [9.17, 15) is 9.59 Å². The number of carbonyl (C=O) groups excluding carboxylic acids is 2. The van der Waals surface area contributed by atoms with Gasteiger partial charge in [-0.05, 0) is 60.9 Å². The predicted molar refractivity (Wildman–Crippen MR) is 102 cm³/mol. The first-order valence-corrected chi connectivity index (χ1v) is 8.35. The zero-order valence-corrected chi connectivity index (χ0v) is 15.1. The number of aryl methyl sites for hydroxylation is 2. The third-order valence-corrected chi connectivity index (χ3v) is 4.66. The van der Waals surface area contributed by atoms with Crippen molar-refractivity contribution in [1.82, 2.24) is 0 Å². The topological polar surface area (TPSA) is 52.7 Å². The molecule has 2 amide bonds. The van der Waals surface area contributed by atoms with E-state index in [-0.39, 0.29) is 11.8 Å². The largest absolute Gasteiger partial charge is 0.378 e. The van der Waals surface area contributed by atoms with E-state index in [1.165, 1.54) is 0 Å². The van der Waals surface area contributed by atoms with Gasteiger partial charge in [0, 0.05) is 50.2 Å². The van der Waals surface area contributed by atoms with Crippen molar-refractivity contribution in [2.45, 2.75) is 19.8 Å². The van der Waals surface area contributed by atoms with E-state index in [0.29, 0.717) is 18.4 Å². The van der Waals surface area contributed by atoms with E-state index in [1.54, 1.807) is 18.0 Å². The first-order chi connectivity index (χ1) is 11.9. The van der Waals surface area contributed by atoms with Crippen molar-refractivity contribution in [3.63, 3.8) is 0 Å². The molecule has 0 aromatic heterocycles. The van der Waals surface area contributed by atoms with E-state index in [2.05, 4.69) is 5.32 Å². The van der Waals surface area contributed by atoms with Crippen LogP contribution in [0.4, 0.5) is 17.1 Å². The molecular formula is C20H23N3O2. The second-order valence-electron chi connectivity index (χ2n) is 6.64. The fourth-order valence-corrected chi connectivity index (χ4v) is 3.06. The number of rotatable bonds is 3. The third kappa shape index (κ3) is 3.36. The molecule has 5 heteroatoms. The molecule has 1 aliphatic heterocycles. The van der Waals surface area contributed by atoms with Gasteiger partial charge in [0.2, 0.25) is 5.91 Å². The van der Waals surface area contributed by atoms with Crippen LogP contribution in [-0.4, -0.2) is 33.0 Å². The molecule has 0 saturated carbocycles. The summed E-state index contributed by atoms with van der Waals surface area (Å²) in [5.41, 5.74) is 5.45. The molecule has 1 aliphatic rings. The SMILES string of the molecule is Cc1cc(N(C)C)ccc1NC(=O)c1ccc2c(c1)CCC(=O)N2C. The molecule has 0 spiro atoms. The van der Waals surface area contributed by atoms with Crippen LogP contribution in [0.15, 0.2) is 36.4 Å². The van der Waals surface area contributed by atoms with Crippen molar-refractivity contribution in [3.8, 4) is 0 Å². The summed E-state index contributed by atoms with van der Waals surface area (Å²) in [6.45, 7) is 1.98. The molecule has 2 aromatic rings. The number of amides is 2. The van der Waals surface area contributed by atoms with Crippen molar-refractivity contribution in [3.05, 3.63) is 53.1 Å². The van der Waals surface area contributed by atoms with Crippen LogP contribution >= 0.6 is 0 Å². The number of carbonyl (C=O) groups is 2. The van der Waals surface area contributed by atoms with Crippen LogP contribution in [0.3, 0.4) is 0 Å². The predicted octanol–water partition coefficient (Wildman–Crippen LogP) is 3.22. The van der Waals surface area contributed by atoms with E-state index in [0.717, 1.165) is 28.2 Å². The van der Waals surface area contributed by atoms with Gasteiger partial charge in [0.15, 0.2) is 0 Å². The van der Waals surface area contributed by atoms with Gasteiger partial charge in [-0.1, -0.05) is 0 Å². The number of nitrogens with one attached hydrogen (secondary N) is 1. The molecule has 1 heterocycles. The van der Waals surface area contributed by atoms with E-state index in [4.69, 9.17) is 0 Å². The molecule has 5 nitrogen and oxygen atoms in total. The average molecular weight is 337 g/mol. The zero-order valence-electron chi connectivity index (χ0n) is 15.1. The maximum Gasteiger partial charge on any atom is 0.255 e. The molecule has 0 atom stereocenters. The van der Waals surface area contributed by atoms with Crippen LogP contribution in [0.5, 0.6) is 0 Å². The molecule has 0 unspecified atom stereocenters. The number of hydrogen-bond donors (Lipinski definition) is 1. The standard InChI is InChI=1S/C20H23N3O2/c1-13-11-16(22(2)3)7-8-17(13)21-20(25)15-5-9-18-14(12-15)6-10-19(24)23(18)4/h5,7-9,11-12H,6,10H2,1-4H3,(H,21,25). The first-order valence-electron chi connectivity index (χ1n) is 8.35. The van der Waals surface area contributed by atoms with Crippen LogP contribution in [0, 0.1) is 6.92 Å². The van der Waals surface area contributed by atoms with Gasteiger partial charge in [0.1, 0.15) is 0 Å². The van der Waals surface area contributed by atoms with Gasteiger partial charge in [-0.25, -0.2) is 0 Å². The highest BCUT2D eigenvalue weighted by Crippen LogP contribution is 2.28. The zero-order chi connectivity index (χ0) is 18.1. The van der Waals surface area contributed by atoms with Crippen LogP contribution < -0.4 is 15.1 Å². The van der Waals surface area contributed by atoms with E-state index in [1.807, 2.05) is 56.3 Å². The Hall–Kier alpha value is -2.82. The molecule has 0 radical (unpaired) electrons. The van der Waals surface area contributed by atoms with Gasteiger partial charge >= 0.3 is 0 Å². The minimum absolute atomic E-state index is 0.112. The molecule has 1 N–H and O–H groups in total. The van der Waals surface area contributed by atoms with Gasteiger partial charge in [-0.2, -0.15) is 0 Å². The lowest BCUT2D eigenvalue weighted by Gasteiger charge is -2.26. The van der Waals surface area contributed by atoms with Gasteiger partial charge in [0.05, 0.1) is 0 Å². The van der Waals surface area contributed by atoms with Crippen molar-refractivity contribution in [1.29, 1.82) is 0 Å². The number of nitrogens with zero attached hydrogens (tertiary/aromatic N) is 2. The Bertz CT molecular complexity index is 843. The summed E-state index contributed by atoms with van der Waals surface area (Å²) >= 11 is 0. The minimum atomic E-state index is -0.136. The second-order valence-corrected chi connectivity index (χ2v) is 6.64. The summed E-state index contributed by atoms with van der Waals surface area (Å²) < 4.78 is 0. The van der Waals surface area contributed by atoms with Crippen molar-refractivity contribution >= 4 is 28.9 Å². The number of benzene rings is 2. The normalized spacial score (nSPS) is 13.4. The lowest BCUT2D eigenvalue weighted by atomic mass is 9.99. The Morgan fingerprint density at radius 1 is 1.12 bits per heavy atom. The summed E-state index contributed by atoms with van der Waals surface area (Å²) in [5, 5.41) is 2.98. The van der Waals surface area contributed by atoms with Crippen LogP contribution in [-0.2, 0) is 11.2 Å². The van der Waals surface area contributed by atoms with Crippen molar-refractivity contribution in [2.75, 3.05) is 36.3 Å². The molecule has 0 saturated heterocycles. The lowest BCUT2D eigenvalue weighted by molar-refractivity contribution is -0.118. The fourth-order valence-electron chi connectivity index (χ4n) is 3.06. The fraction of sp³-hybridized carbons (Fsp3) is 0.300. The quantitative estimate of drug-likeness (QED) is 0.935. The third-order valence-electron chi connectivity index (χ3n) is 4.66. The number of hydrogen-bond acceptors (Lipinski definition) is 3. The highest BCUT2D eigenvalue weighted by molar-refractivity contribution is 6.06. The average Bonchev–Trinajstić information content (AvgIpc) is 2.59. The maximum atomic E-state index is 12.6. The Kier molecular flexibility index (Phi) is 4.49. The molecule has 3 rings (SSSR count). The maximum absolute atomic E-state index is 12.6. The molecule has 25 heavy (non-hydrogen) atoms. The lowest BCUT2D eigenvalue weighted by Crippen LogP contribution is -2.31. The van der Waals surface area contributed by atoms with E-state index < -0.39 is 0 Å². The summed E-state index contributed by atoms with van der Waals surface area (Å²) in [7, 11) is 5.75. The molecule has 2 aromatic carbocycles. The van der Waals surface area contributed by atoms with Crippen molar-refractivity contribution in [2.24, 2.45) is 0 Å². The molecule has 0 fully saturated rings. The van der Waals surface area contributed by atoms with Crippen molar-refractivity contribution < 1.29 is 9.59 Å². The first kappa shape index (κ1) is 17.0. The number of anilines is 3. The van der Waals surface area contributed by atoms with Gasteiger partial charge in [-0.15, -0.1) is 0 Å². The Morgan fingerprint density at radius 3 is 2.56 bits per heavy atom. The Morgan fingerprint density at radius 2 is 1.88 bits per heavy atom. The molecule has 0 bridgehead atoms. The Balaban J connectivity index is 1.81. The Labute approximate surface area is 148 Å². The second kappa shape index (κ2) is 6.59. The number of fused-ring (bicyclic) bond motifs is 1. The van der Waals surface area contributed by atoms with Crippen LogP contribution in [0.1, 0.15) is 27.9 Å². The monoisotopic (exact) mass is 337 g/mol. The van der Waals surface area contributed by atoms with Crippen LogP contribution in [0.2, 0.25) is 0 Å². The summed E-state index contributed by atoms with van der Waals surface area (Å²) in [6.07, 6.45) is 1.16. The van der Waals surface area contributed by atoms with Crippen LogP contribution in [0.25, 0.3) is 0 Å². The highest BCUT2D eigenvalue weighted by Gasteiger charge is 2.22. The molecule has 130 valence electrons. The summed E-state index contributed by atoms with van der Waals surface area (Å²) in [6, 6.07) is 11.5.